The Hall–Kier alpha value is -0.790. The summed E-state index contributed by atoms with van der Waals surface area (Å²) in [5.41, 5.74) is 0.728. The zero-order valence-corrected chi connectivity index (χ0v) is 8.39. The van der Waals surface area contributed by atoms with Gasteiger partial charge in [0, 0.05) is 0 Å². The van der Waals surface area contributed by atoms with Crippen molar-refractivity contribution >= 4 is 0 Å². The van der Waals surface area contributed by atoms with E-state index in [1.165, 1.54) is 0 Å². The van der Waals surface area contributed by atoms with Gasteiger partial charge in [-0.15, -0.1) is 0 Å². The lowest BCUT2D eigenvalue weighted by Gasteiger charge is -2.17. The average Bonchev–Trinajstić information content (AvgIpc) is 2.37. The Morgan fingerprint density at radius 3 is 2.00 bits per heavy atom. The molecule has 0 unspecified atom stereocenters. The molecule has 2 heteroatoms. The first kappa shape index (κ1) is 9.30. The summed E-state index contributed by atoms with van der Waals surface area (Å²) in [5.74, 6) is 0.896. The van der Waals surface area contributed by atoms with Crippen LogP contribution in [0.4, 0.5) is 0 Å². The number of hydrogen-bond donors (Lipinski definition) is 0. The maximum Gasteiger partial charge on any atom is 0.228 e. The first-order chi connectivity index (χ1) is 5.33. The van der Waals surface area contributed by atoms with Gasteiger partial charge in [0.15, 0.2) is 5.75 Å². The predicted octanol–water partition coefficient (Wildman–Crippen LogP) is 2.22. The summed E-state index contributed by atoms with van der Waals surface area (Å²) in [5, 5.41) is 0. The Morgan fingerprint density at radius 2 is 1.75 bits per heavy atom. The third-order valence-electron chi connectivity index (χ3n) is 1.62. The molecule has 0 amide bonds. The van der Waals surface area contributed by atoms with E-state index in [1.807, 2.05) is 34.6 Å². The van der Waals surface area contributed by atoms with Gasteiger partial charge in [0.2, 0.25) is 5.43 Å². The maximum absolute atomic E-state index is 11.1. The van der Waals surface area contributed by atoms with E-state index >= 15 is 0 Å². The van der Waals surface area contributed by atoms with E-state index in [0.717, 1.165) is 5.56 Å². The molecule has 1 aromatic carbocycles. The minimum atomic E-state index is -0.248. The molecule has 0 radical (unpaired) electrons. The van der Waals surface area contributed by atoms with Crippen molar-refractivity contribution in [3.05, 3.63) is 15.8 Å². The topological polar surface area (TPSA) is 26.3 Å². The minimum absolute atomic E-state index is 0.111. The van der Waals surface area contributed by atoms with Crippen LogP contribution < -0.4 is 10.2 Å². The highest BCUT2D eigenvalue weighted by molar-refractivity contribution is 5.49. The molecular formula is C10H16O2. The molecule has 0 N–H and O–H groups in total. The van der Waals surface area contributed by atoms with Crippen molar-refractivity contribution < 1.29 is 4.74 Å². The quantitative estimate of drug-likeness (QED) is 0.676. The van der Waals surface area contributed by atoms with E-state index in [9.17, 15) is 4.79 Å². The minimum Gasteiger partial charge on any atom is -0.484 e. The second kappa shape index (κ2) is 2.61. The zero-order valence-electron chi connectivity index (χ0n) is 8.39. The lowest BCUT2D eigenvalue weighted by atomic mass is 10.2. The highest BCUT2D eigenvalue weighted by atomic mass is 16.5. The third-order valence-corrected chi connectivity index (χ3v) is 1.62. The van der Waals surface area contributed by atoms with Gasteiger partial charge in [0.05, 0.1) is 5.56 Å². The Bertz CT molecular complexity index is 283. The van der Waals surface area contributed by atoms with E-state index in [1.54, 1.807) is 0 Å². The normalized spacial score (nSPS) is 12.8. The van der Waals surface area contributed by atoms with Crippen LogP contribution in [0.25, 0.3) is 0 Å². The Kier molecular flexibility index (Phi) is 2.02. The summed E-state index contributed by atoms with van der Waals surface area (Å²) in [7, 11) is 0. The Morgan fingerprint density at radius 1 is 1.25 bits per heavy atom. The molecule has 0 aliphatic rings. The first-order valence-corrected chi connectivity index (χ1v) is 4.31. The molecule has 0 aromatic heterocycles. The van der Waals surface area contributed by atoms with Crippen molar-refractivity contribution in [1.82, 2.24) is 0 Å². The molecule has 0 aliphatic carbocycles. The molecule has 0 heterocycles. The molecule has 1 rings (SSSR count). The number of ether oxygens (including phenoxy) is 1. The third kappa shape index (κ3) is 1.87. The zero-order chi connectivity index (χ0) is 9.52. The summed E-state index contributed by atoms with van der Waals surface area (Å²) in [4.78, 5) is 11.1. The van der Waals surface area contributed by atoms with Crippen molar-refractivity contribution in [2.24, 2.45) is 0 Å². The molecule has 0 aliphatic heterocycles. The second-order valence-corrected chi connectivity index (χ2v) is 4.44. The molecule has 0 spiro atoms. The van der Waals surface area contributed by atoms with Crippen LogP contribution in [-0.2, 0) is 0 Å². The van der Waals surface area contributed by atoms with Gasteiger partial charge in [-0.2, -0.15) is 0 Å². The van der Waals surface area contributed by atoms with Crippen molar-refractivity contribution in [3.8, 4) is 5.75 Å². The molecule has 0 bridgehead atoms. The molecule has 1 aromatic rings. The summed E-state index contributed by atoms with van der Waals surface area (Å²) >= 11 is 0. The van der Waals surface area contributed by atoms with Gasteiger partial charge in [-0.05, 0) is 26.7 Å². The van der Waals surface area contributed by atoms with Crippen LogP contribution in [0.1, 0.15) is 46.1 Å². The molecule has 12 heavy (non-hydrogen) atoms. The van der Waals surface area contributed by atoms with Crippen LogP contribution >= 0.6 is 0 Å². The molecule has 0 atom stereocenters. The summed E-state index contributed by atoms with van der Waals surface area (Å²) in [6, 6.07) is 0. The van der Waals surface area contributed by atoms with Crippen molar-refractivity contribution in [2.75, 3.05) is 0 Å². The van der Waals surface area contributed by atoms with E-state index in [4.69, 9.17) is 4.74 Å². The van der Waals surface area contributed by atoms with Gasteiger partial charge in [0.25, 0.3) is 0 Å². The van der Waals surface area contributed by atoms with Gasteiger partial charge in [-0.3, -0.25) is 4.79 Å². The molecule has 2 nitrogen and oxygen atoms in total. The van der Waals surface area contributed by atoms with Crippen molar-refractivity contribution in [1.29, 1.82) is 0 Å². The van der Waals surface area contributed by atoms with Gasteiger partial charge in [-0.25, -0.2) is 0 Å². The van der Waals surface area contributed by atoms with Crippen molar-refractivity contribution in [3.63, 3.8) is 0 Å². The first-order valence-electron chi connectivity index (χ1n) is 4.31. The number of rotatable bonds is 2. The van der Waals surface area contributed by atoms with Gasteiger partial charge < -0.3 is 4.74 Å². The van der Waals surface area contributed by atoms with E-state index in [-0.39, 0.29) is 11.0 Å². The fourth-order valence-corrected chi connectivity index (χ4v) is 1.10. The molecule has 0 saturated heterocycles. The monoisotopic (exact) mass is 168 g/mol. The van der Waals surface area contributed by atoms with Crippen LogP contribution in [0.2, 0.25) is 0 Å². The standard InChI is InChI=1S/C10H16O2/c1-6(2)7-8(11)9(7)12-10(3,4)5/h6H,1-5H3. The van der Waals surface area contributed by atoms with Gasteiger partial charge >= 0.3 is 0 Å². The largest absolute Gasteiger partial charge is 0.484 e. The van der Waals surface area contributed by atoms with E-state index < -0.39 is 0 Å². The summed E-state index contributed by atoms with van der Waals surface area (Å²) in [6.07, 6.45) is 0. The lowest BCUT2D eigenvalue weighted by Crippen LogP contribution is -2.22. The summed E-state index contributed by atoms with van der Waals surface area (Å²) in [6.45, 7) is 9.86. The molecule has 0 saturated carbocycles. The smallest absolute Gasteiger partial charge is 0.228 e. The highest BCUT2D eigenvalue weighted by Crippen LogP contribution is 2.30. The maximum atomic E-state index is 11.1. The average molecular weight is 168 g/mol. The Balaban J connectivity index is 2.67. The van der Waals surface area contributed by atoms with Crippen LogP contribution in [0.15, 0.2) is 4.79 Å². The fourth-order valence-electron chi connectivity index (χ4n) is 1.10. The van der Waals surface area contributed by atoms with Crippen LogP contribution in [-0.4, -0.2) is 5.60 Å². The van der Waals surface area contributed by atoms with E-state index in [0.29, 0.717) is 11.7 Å². The SMILES string of the molecule is CC(C)c1c(OC(C)(C)C)c1=O. The van der Waals surface area contributed by atoms with Crippen LogP contribution in [0, 0.1) is 0 Å². The van der Waals surface area contributed by atoms with Crippen LogP contribution in [0.3, 0.4) is 0 Å². The second-order valence-electron chi connectivity index (χ2n) is 4.44. The fraction of sp³-hybridized carbons (Fsp3) is 0.700. The predicted molar refractivity (Wildman–Crippen MR) is 49.6 cm³/mol. The van der Waals surface area contributed by atoms with Crippen molar-refractivity contribution in [2.45, 2.75) is 46.1 Å². The van der Waals surface area contributed by atoms with Gasteiger partial charge in [0.1, 0.15) is 5.60 Å². The van der Waals surface area contributed by atoms with Crippen LogP contribution in [0.5, 0.6) is 5.75 Å². The highest BCUT2D eigenvalue weighted by Gasteiger charge is 2.30. The Labute approximate surface area is 73.2 Å². The van der Waals surface area contributed by atoms with Gasteiger partial charge in [-0.1, -0.05) is 13.8 Å². The number of hydrogen-bond acceptors (Lipinski definition) is 2. The molecular weight excluding hydrogens is 152 g/mol. The van der Waals surface area contributed by atoms with E-state index in [2.05, 4.69) is 0 Å². The summed E-state index contributed by atoms with van der Waals surface area (Å²) < 4.78 is 5.46. The molecule has 0 fully saturated rings. The lowest BCUT2D eigenvalue weighted by molar-refractivity contribution is 0.134. The molecule has 68 valence electrons.